The maximum atomic E-state index is 5.43. The van der Waals surface area contributed by atoms with Gasteiger partial charge < -0.3 is 10.6 Å². The van der Waals surface area contributed by atoms with Crippen LogP contribution in [0.3, 0.4) is 0 Å². The molecule has 0 saturated heterocycles. The third-order valence-corrected chi connectivity index (χ3v) is 4.28. The Balaban J connectivity index is 1.79. The second-order valence-corrected chi connectivity index (χ2v) is 7.33. The minimum absolute atomic E-state index is 0.421. The van der Waals surface area contributed by atoms with E-state index in [1.165, 1.54) is 24.8 Å². The van der Waals surface area contributed by atoms with Crippen LogP contribution in [0.15, 0.2) is 30.3 Å². The molecule has 1 aromatic rings. The number of nitrogens with one attached hydrogen (secondary N) is 2. The molecule has 2 atom stereocenters. The summed E-state index contributed by atoms with van der Waals surface area (Å²) >= 11 is 5.43. The summed E-state index contributed by atoms with van der Waals surface area (Å²) in [5.41, 5.74) is 1.68. The number of thiocarbonyl (C=S) groups is 1. The molecule has 2 unspecified atom stereocenters. The second kappa shape index (κ2) is 6.57. The van der Waals surface area contributed by atoms with Crippen molar-refractivity contribution in [1.29, 1.82) is 0 Å². The van der Waals surface area contributed by atoms with Crippen LogP contribution in [0.1, 0.15) is 45.6 Å². The molecule has 2 N–H and O–H groups in total. The first kappa shape index (κ1) is 15.3. The van der Waals surface area contributed by atoms with Gasteiger partial charge in [-0.1, -0.05) is 51.1 Å². The minimum atomic E-state index is 0.421. The Hall–Kier alpha value is -1.09. The van der Waals surface area contributed by atoms with E-state index in [1.54, 1.807) is 0 Å². The predicted octanol–water partition coefficient (Wildman–Crippen LogP) is 3.87. The van der Waals surface area contributed by atoms with Crippen molar-refractivity contribution in [1.82, 2.24) is 10.6 Å². The molecule has 0 aromatic heterocycles. The zero-order valence-corrected chi connectivity index (χ0v) is 13.6. The lowest BCUT2D eigenvalue weighted by atomic mass is 9.71. The van der Waals surface area contributed by atoms with Crippen molar-refractivity contribution in [3.63, 3.8) is 0 Å². The van der Waals surface area contributed by atoms with E-state index < -0.39 is 0 Å². The van der Waals surface area contributed by atoms with Crippen molar-refractivity contribution in [2.45, 2.75) is 52.6 Å². The average Bonchev–Trinajstić information content (AvgIpc) is 2.35. The quantitative estimate of drug-likeness (QED) is 0.827. The third-order valence-electron chi connectivity index (χ3n) is 4.02. The van der Waals surface area contributed by atoms with Gasteiger partial charge in [0.05, 0.1) is 0 Å². The lowest BCUT2D eigenvalue weighted by Gasteiger charge is -2.39. The molecule has 1 saturated carbocycles. The summed E-state index contributed by atoms with van der Waals surface area (Å²) in [6, 6.07) is 10.9. The smallest absolute Gasteiger partial charge is 0.166 e. The lowest BCUT2D eigenvalue weighted by Crippen LogP contribution is -2.46. The monoisotopic (exact) mass is 290 g/mol. The van der Waals surface area contributed by atoms with Crippen molar-refractivity contribution >= 4 is 17.3 Å². The molecule has 110 valence electrons. The highest BCUT2D eigenvalue weighted by atomic mass is 32.1. The first-order chi connectivity index (χ1) is 9.44. The standard InChI is InChI=1S/C17H26N2S/c1-13-9-15(11-17(2,3)10-13)19-16(20)18-12-14-7-5-4-6-8-14/h4-8,13,15H,9-12H2,1-3H3,(H2,18,19,20). The zero-order chi connectivity index (χ0) is 14.6. The summed E-state index contributed by atoms with van der Waals surface area (Å²) in [4.78, 5) is 0. The van der Waals surface area contributed by atoms with Gasteiger partial charge in [0.15, 0.2) is 5.11 Å². The first-order valence-electron chi connectivity index (χ1n) is 7.53. The van der Waals surface area contributed by atoms with E-state index in [1.807, 2.05) is 6.07 Å². The van der Waals surface area contributed by atoms with Gasteiger partial charge >= 0.3 is 0 Å². The molecule has 0 heterocycles. The summed E-state index contributed by atoms with van der Waals surface area (Å²) in [5.74, 6) is 0.771. The van der Waals surface area contributed by atoms with Crippen LogP contribution in [0.25, 0.3) is 0 Å². The summed E-state index contributed by atoms with van der Waals surface area (Å²) in [6.07, 6.45) is 3.73. The molecule has 2 nitrogen and oxygen atoms in total. The first-order valence-corrected chi connectivity index (χ1v) is 7.94. The normalized spacial score (nSPS) is 24.9. The van der Waals surface area contributed by atoms with E-state index in [-0.39, 0.29) is 0 Å². The molecule has 3 heteroatoms. The summed E-state index contributed by atoms with van der Waals surface area (Å²) in [5, 5.41) is 7.59. The molecular formula is C17H26N2S. The Morgan fingerprint density at radius 1 is 1.25 bits per heavy atom. The third kappa shape index (κ3) is 4.78. The highest BCUT2D eigenvalue weighted by molar-refractivity contribution is 7.80. The molecule has 1 aromatic carbocycles. The van der Waals surface area contributed by atoms with E-state index in [0.717, 1.165) is 17.6 Å². The van der Waals surface area contributed by atoms with E-state index in [0.29, 0.717) is 11.5 Å². The van der Waals surface area contributed by atoms with Crippen LogP contribution >= 0.6 is 12.2 Å². The van der Waals surface area contributed by atoms with Gasteiger partial charge in [0, 0.05) is 12.6 Å². The maximum Gasteiger partial charge on any atom is 0.166 e. The Morgan fingerprint density at radius 2 is 1.95 bits per heavy atom. The number of benzene rings is 1. The topological polar surface area (TPSA) is 24.1 Å². The fourth-order valence-corrected chi connectivity index (χ4v) is 3.71. The predicted molar refractivity (Wildman–Crippen MR) is 89.6 cm³/mol. The molecule has 1 fully saturated rings. The van der Waals surface area contributed by atoms with E-state index in [4.69, 9.17) is 12.2 Å². The van der Waals surface area contributed by atoms with Crippen LogP contribution in [-0.4, -0.2) is 11.2 Å². The van der Waals surface area contributed by atoms with Crippen LogP contribution in [0.4, 0.5) is 0 Å². The van der Waals surface area contributed by atoms with Gasteiger partial charge in [0.2, 0.25) is 0 Å². The van der Waals surface area contributed by atoms with Crippen molar-refractivity contribution in [3.8, 4) is 0 Å². The van der Waals surface area contributed by atoms with Crippen molar-refractivity contribution in [2.75, 3.05) is 0 Å². The van der Waals surface area contributed by atoms with Crippen molar-refractivity contribution in [2.24, 2.45) is 11.3 Å². The molecule has 1 aliphatic carbocycles. The van der Waals surface area contributed by atoms with Crippen LogP contribution in [0, 0.1) is 11.3 Å². The molecule has 0 amide bonds. The Bertz CT molecular complexity index is 442. The van der Waals surface area contributed by atoms with Gasteiger partial charge in [0.1, 0.15) is 0 Å². The molecular weight excluding hydrogens is 264 g/mol. The Labute approximate surface area is 128 Å². The highest BCUT2D eigenvalue weighted by Crippen LogP contribution is 2.38. The molecule has 2 rings (SSSR count). The molecule has 0 bridgehead atoms. The zero-order valence-electron chi connectivity index (χ0n) is 12.8. The van der Waals surface area contributed by atoms with Gasteiger partial charge in [0.25, 0.3) is 0 Å². The lowest BCUT2D eigenvalue weighted by molar-refractivity contribution is 0.161. The Morgan fingerprint density at radius 3 is 2.60 bits per heavy atom. The largest absolute Gasteiger partial charge is 0.360 e. The fourth-order valence-electron chi connectivity index (χ4n) is 3.47. The van der Waals surface area contributed by atoms with Crippen LogP contribution in [-0.2, 0) is 6.54 Å². The van der Waals surface area contributed by atoms with E-state index in [2.05, 4.69) is 55.7 Å². The Kier molecular flexibility index (Phi) is 5.03. The average molecular weight is 290 g/mol. The van der Waals surface area contributed by atoms with E-state index in [9.17, 15) is 0 Å². The maximum absolute atomic E-state index is 5.43. The van der Waals surface area contributed by atoms with E-state index >= 15 is 0 Å². The van der Waals surface area contributed by atoms with Gasteiger partial charge in [-0.2, -0.15) is 0 Å². The summed E-state index contributed by atoms with van der Waals surface area (Å²) < 4.78 is 0. The molecule has 0 radical (unpaired) electrons. The minimum Gasteiger partial charge on any atom is -0.360 e. The van der Waals surface area contributed by atoms with Gasteiger partial charge in [-0.25, -0.2) is 0 Å². The van der Waals surface area contributed by atoms with Crippen LogP contribution in [0.5, 0.6) is 0 Å². The van der Waals surface area contributed by atoms with Gasteiger partial charge in [-0.15, -0.1) is 0 Å². The SMILES string of the molecule is CC1CC(NC(=S)NCc2ccccc2)CC(C)(C)C1. The molecule has 0 aliphatic heterocycles. The van der Waals surface area contributed by atoms with Crippen molar-refractivity contribution < 1.29 is 0 Å². The molecule has 0 spiro atoms. The van der Waals surface area contributed by atoms with Gasteiger partial charge in [-0.05, 0) is 48.4 Å². The fraction of sp³-hybridized carbons (Fsp3) is 0.588. The number of rotatable bonds is 3. The van der Waals surface area contributed by atoms with Crippen molar-refractivity contribution in [3.05, 3.63) is 35.9 Å². The second-order valence-electron chi connectivity index (χ2n) is 6.92. The van der Waals surface area contributed by atoms with Crippen LogP contribution < -0.4 is 10.6 Å². The molecule has 20 heavy (non-hydrogen) atoms. The summed E-state index contributed by atoms with van der Waals surface area (Å²) in [7, 11) is 0. The van der Waals surface area contributed by atoms with Crippen LogP contribution in [0.2, 0.25) is 0 Å². The summed E-state index contributed by atoms with van der Waals surface area (Å²) in [6.45, 7) is 7.85. The molecule has 1 aliphatic rings. The number of hydrogen-bond donors (Lipinski definition) is 2. The highest BCUT2D eigenvalue weighted by Gasteiger charge is 2.32. The number of hydrogen-bond acceptors (Lipinski definition) is 1. The van der Waals surface area contributed by atoms with Gasteiger partial charge in [-0.3, -0.25) is 0 Å².